The molecule has 1 N–H and O–H groups in total. The summed E-state index contributed by atoms with van der Waals surface area (Å²) in [5.41, 5.74) is 2.90. The molecule has 1 amide bonds. The molecule has 0 saturated carbocycles. The van der Waals surface area contributed by atoms with E-state index in [4.69, 9.17) is 4.74 Å². The molecule has 0 saturated heterocycles. The van der Waals surface area contributed by atoms with Crippen LogP contribution < -0.4 is 10.1 Å². The third kappa shape index (κ3) is 4.34. The predicted molar refractivity (Wildman–Crippen MR) is 93.4 cm³/mol. The van der Waals surface area contributed by atoms with Crippen LogP contribution in [0.15, 0.2) is 46.9 Å². The van der Waals surface area contributed by atoms with E-state index in [1.165, 1.54) is 0 Å². The van der Waals surface area contributed by atoms with E-state index in [0.29, 0.717) is 6.42 Å². The van der Waals surface area contributed by atoms with Crippen molar-refractivity contribution in [2.45, 2.75) is 33.3 Å². The highest BCUT2D eigenvalue weighted by Gasteiger charge is 2.19. The maximum Gasteiger partial charge on any atom is 0.265 e. The fraction of sp³-hybridized carbons (Fsp3) is 0.278. The number of amides is 1. The van der Waals surface area contributed by atoms with Crippen molar-refractivity contribution in [3.8, 4) is 5.75 Å². The molecular weight excluding hydrogens is 342 g/mol. The van der Waals surface area contributed by atoms with Crippen molar-refractivity contribution in [3.05, 3.63) is 58.1 Å². The lowest BCUT2D eigenvalue weighted by atomic mass is 10.1. The van der Waals surface area contributed by atoms with Gasteiger partial charge in [0.2, 0.25) is 0 Å². The molecule has 4 heteroatoms. The number of carbonyl (C=O) groups excluding carboxylic acids is 1. The number of aryl methyl sites for hydroxylation is 2. The molecule has 0 aliphatic carbocycles. The SMILES string of the molecule is CCC(Oc1cc(C)ccc1C)C(=O)Nc1ccc(Br)cc1. The molecule has 2 rings (SSSR count). The van der Waals surface area contributed by atoms with Gasteiger partial charge >= 0.3 is 0 Å². The zero-order chi connectivity index (χ0) is 16.1. The Morgan fingerprint density at radius 2 is 1.86 bits per heavy atom. The second-order valence-electron chi connectivity index (χ2n) is 5.28. The Hall–Kier alpha value is -1.81. The largest absolute Gasteiger partial charge is 0.480 e. The molecule has 2 aromatic carbocycles. The number of carbonyl (C=O) groups is 1. The van der Waals surface area contributed by atoms with Gasteiger partial charge in [-0.3, -0.25) is 4.79 Å². The van der Waals surface area contributed by atoms with Gasteiger partial charge in [-0.2, -0.15) is 0 Å². The van der Waals surface area contributed by atoms with Crippen LogP contribution in [0.4, 0.5) is 5.69 Å². The minimum absolute atomic E-state index is 0.134. The molecular formula is C18H20BrNO2. The lowest BCUT2D eigenvalue weighted by molar-refractivity contribution is -0.122. The maximum atomic E-state index is 12.4. The third-order valence-electron chi connectivity index (χ3n) is 3.39. The van der Waals surface area contributed by atoms with Crippen LogP contribution in [-0.4, -0.2) is 12.0 Å². The molecule has 1 atom stereocenters. The zero-order valence-corrected chi connectivity index (χ0v) is 14.6. The Kier molecular flexibility index (Phi) is 5.61. The van der Waals surface area contributed by atoms with Gasteiger partial charge in [-0.25, -0.2) is 0 Å². The lowest BCUT2D eigenvalue weighted by Crippen LogP contribution is -2.32. The summed E-state index contributed by atoms with van der Waals surface area (Å²) in [7, 11) is 0. The summed E-state index contributed by atoms with van der Waals surface area (Å²) < 4.78 is 6.89. The molecule has 3 nitrogen and oxygen atoms in total. The van der Waals surface area contributed by atoms with Gasteiger partial charge in [0, 0.05) is 10.2 Å². The molecule has 116 valence electrons. The van der Waals surface area contributed by atoms with E-state index in [2.05, 4.69) is 21.2 Å². The first kappa shape index (κ1) is 16.6. The molecule has 22 heavy (non-hydrogen) atoms. The molecule has 0 aliphatic rings. The van der Waals surface area contributed by atoms with Crippen LogP contribution in [0.5, 0.6) is 5.75 Å². The normalized spacial score (nSPS) is 11.8. The highest BCUT2D eigenvalue weighted by molar-refractivity contribution is 9.10. The van der Waals surface area contributed by atoms with Crippen molar-refractivity contribution >= 4 is 27.5 Å². The summed E-state index contributed by atoms with van der Waals surface area (Å²) >= 11 is 3.38. The lowest BCUT2D eigenvalue weighted by Gasteiger charge is -2.19. The van der Waals surface area contributed by atoms with Crippen LogP contribution in [0.3, 0.4) is 0 Å². The van der Waals surface area contributed by atoms with Crippen molar-refractivity contribution in [2.75, 3.05) is 5.32 Å². The molecule has 0 spiro atoms. The average Bonchev–Trinajstić information content (AvgIpc) is 2.50. The number of anilines is 1. The fourth-order valence-corrected chi connectivity index (χ4v) is 2.33. The topological polar surface area (TPSA) is 38.3 Å². The first-order valence-electron chi connectivity index (χ1n) is 7.30. The Bertz CT molecular complexity index is 653. The van der Waals surface area contributed by atoms with Crippen LogP contribution in [0.25, 0.3) is 0 Å². The van der Waals surface area contributed by atoms with Crippen LogP contribution in [0, 0.1) is 13.8 Å². The second kappa shape index (κ2) is 7.45. The van der Waals surface area contributed by atoms with Gasteiger partial charge in [-0.15, -0.1) is 0 Å². The summed E-state index contributed by atoms with van der Waals surface area (Å²) in [4.78, 5) is 12.4. The summed E-state index contributed by atoms with van der Waals surface area (Å²) in [6.07, 6.45) is 0.0968. The molecule has 0 fully saturated rings. The van der Waals surface area contributed by atoms with Crippen LogP contribution >= 0.6 is 15.9 Å². The van der Waals surface area contributed by atoms with Gasteiger partial charge in [0.1, 0.15) is 5.75 Å². The van der Waals surface area contributed by atoms with E-state index in [1.54, 1.807) is 0 Å². The second-order valence-corrected chi connectivity index (χ2v) is 6.20. The average molecular weight is 362 g/mol. The predicted octanol–water partition coefficient (Wildman–Crippen LogP) is 4.86. The Balaban J connectivity index is 2.08. The first-order valence-corrected chi connectivity index (χ1v) is 8.09. The van der Waals surface area contributed by atoms with Gasteiger partial charge in [0.25, 0.3) is 5.91 Å². The summed E-state index contributed by atoms with van der Waals surface area (Å²) in [5.74, 6) is 0.628. The van der Waals surface area contributed by atoms with Crippen LogP contribution in [0.2, 0.25) is 0 Å². The van der Waals surface area contributed by atoms with Crippen molar-refractivity contribution < 1.29 is 9.53 Å². The third-order valence-corrected chi connectivity index (χ3v) is 3.92. The molecule has 0 aliphatic heterocycles. The molecule has 1 unspecified atom stereocenters. The van der Waals surface area contributed by atoms with E-state index in [1.807, 2.05) is 63.2 Å². The maximum absolute atomic E-state index is 12.4. The highest BCUT2D eigenvalue weighted by Crippen LogP contribution is 2.22. The van der Waals surface area contributed by atoms with Crippen molar-refractivity contribution in [3.63, 3.8) is 0 Å². The van der Waals surface area contributed by atoms with Gasteiger partial charge in [-0.1, -0.05) is 35.0 Å². The van der Waals surface area contributed by atoms with E-state index in [0.717, 1.165) is 27.0 Å². The molecule has 0 aromatic heterocycles. The Labute approximate surface area is 139 Å². The smallest absolute Gasteiger partial charge is 0.265 e. The first-order chi connectivity index (χ1) is 10.5. The fourth-order valence-electron chi connectivity index (χ4n) is 2.07. The number of halogens is 1. The molecule has 0 heterocycles. The van der Waals surface area contributed by atoms with Crippen LogP contribution in [0.1, 0.15) is 24.5 Å². The molecule has 2 aromatic rings. The summed E-state index contributed by atoms with van der Waals surface area (Å²) in [5, 5.41) is 2.89. The standard InChI is InChI=1S/C18H20BrNO2/c1-4-16(22-17-11-12(2)5-6-13(17)3)18(21)20-15-9-7-14(19)8-10-15/h5-11,16H,4H2,1-3H3,(H,20,21). The van der Waals surface area contributed by atoms with E-state index in [9.17, 15) is 4.79 Å². The van der Waals surface area contributed by atoms with Crippen molar-refractivity contribution in [1.29, 1.82) is 0 Å². The summed E-state index contributed by atoms with van der Waals surface area (Å²) in [6, 6.07) is 13.5. The number of hydrogen-bond acceptors (Lipinski definition) is 2. The quantitative estimate of drug-likeness (QED) is 0.825. The number of ether oxygens (including phenoxy) is 1. The Morgan fingerprint density at radius 3 is 2.50 bits per heavy atom. The number of benzene rings is 2. The number of rotatable bonds is 5. The van der Waals surface area contributed by atoms with Gasteiger partial charge in [0.05, 0.1) is 0 Å². The van der Waals surface area contributed by atoms with Gasteiger partial charge < -0.3 is 10.1 Å². The molecule has 0 radical (unpaired) electrons. The van der Waals surface area contributed by atoms with Crippen molar-refractivity contribution in [2.24, 2.45) is 0 Å². The van der Waals surface area contributed by atoms with E-state index < -0.39 is 6.10 Å². The number of hydrogen-bond donors (Lipinski definition) is 1. The van der Waals surface area contributed by atoms with E-state index in [-0.39, 0.29) is 5.91 Å². The van der Waals surface area contributed by atoms with Crippen LogP contribution in [-0.2, 0) is 4.79 Å². The number of nitrogens with one attached hydrogen (secondary N) is 1. The monoisotopic (exact) mass is 361 g/mol. The Morgan fingerprint density at radius 1 is 1.18 bits per heavy atom. The van der Waals surface area contributed by atoms with E-state index >= 15 is 0 Å². The van der Waals surface area contributed by atoms with Crippen molar-refractivity contribution in [1.82, 2.24) is 0 Å². The minimum atomic E-state index is -0.510. The highest BCUT2D eigenvalue weighted by atomic mass is 79.9. The van der Waals surface area contributed by atoms with Gasteiger partial charge in [-0.05, 0) is 61.7 Å². The molecule has 0 bridgehead atoms. The zero-order valence-electron chi connectivity index (χ0n) is 13.0. The minimum Gasteiger partial charge on any atom is -0.480 e. The summed E-state index contributed by atoms with van der Waals surface area (Å²) in [6.45, 7) is 5.93. The van der Waals surface area contributed by atoms with Gasteiger partial charge in [0.15, 0.2) is 6.10 Å².